The summed E-state index contributed by atoms with van der Waals surface area (Å²) in [5, 5.41) is 17.2. The standard InChI is InChI=1S/C11H16N4O2/c1-8-4-11(14-7-10(8)15(16)17)13-6-9-2-3-12-5-9/h4,7,9,12H,2-3,5-6H2,1H3,(H,13,14). The summed E-state index contributed by atoms with van der Waals surface area (Å²) >= 11 is 0. The molecule has 6 heteroatoms. The van der Waals surface area contributed by atoms with Gasteiger partial charge in [0.2, 0.25) is 0 Å². The second-order valence-electron chi connectivity index (χ2n) is 4.35. The number of rotatable bonds is 4. The molecule has 1 saturated heterocycles. The third-order valence-electron chi connectivity index (χ3n) is 3.01. The lowest BCUT2D eigenvalue weighted by molar-refractivity contribution is -0.385. The van der Waals surface area contributed by atoms with Crippen LogP contribution in [0.2, 0.25) is 0 Å². The quantitative estimate of drug-likeness (QED) is 0.608. The molecule has 1 fully saturated rings. The van der Waals surface area contributed by atoms with E-state index < -0.39 is 4.92 Å². The van der Waals surface area contributed by atoms with Crippen LogP contribution in [0, 0.1) is 23.0 Å². The fourth-order valence-corrected chi connectivity index (χ4v) is 1.97. The maximum Gasteiger partial charge on any atom is 0.290 e. The highest BCUT2D eigenvalue weighted by atomic mass is 16.6. The average Bonchev–Trinajstić information content (AvgIpc) is 2.78. The molecule has 0 bridgehead atoms. The molecule has 0 spiro atoms. The lowest BCUT2D eigenvalue weighted by Gasteiger charge is -2.10. The van der Waals surface area contributed by atoms with Gasteiger partial charge in [0.1, 0.15) is 12.0 Å². The number of nitrogens with one attached hydrogen (secondary N) is 2. The van der Waals surface area contributed by atoms with Crippen LogP contribution in [-0.2, 0) is 0 Å². The third kappa shape index (κ3) is 2.91. The lowest BCUT2D eigenvalue weighted by Crippen LogP contribution is -2.17. The predicted molar refractivity (Wildman–Crippen MR) is 65.1 cm³/mol. The van der Waals surface area contributed by atoms with Crippen molar-refractivity contribution in [2.75, 3.05) is 25.0 Å². The zero-order chi connectivity index (χ0) is 12.3. The number of pyridine rings is 1. The predicted octanol–water partition coefficient (Wildman–Crippen LogP) is 1.32. The lowest BCUT2D eigenvalue weighted by atomic mass is 10.1. The van der Waals surface area contributed by atoms with Crippen LogP contribution in [0.3, 0.4) is 0 Å². The molecule has 2 heterocycles. The van der Waals surface area contributed by atoms with E-state index in [2.05, 4.69) is 15.6 Å². The Hall–Kier alpha value is -1.69. The van der Waals surface area contributed by atoms with Gasteiger partial charge < -0.3 is 10.6 Å². The minimum atomic E-state index is -0.410. The smallest absolute Gasteiger partial charge is 0.290 e. The molecule has 1 aliphatic rings. The van der Waals surface area contributed by atoms with Gasteiger partial charge in [-0.2, -0.15) is 0 Å². The summed E-state index contributed by atoms with van der Waals surface area (Å²) in [5.74, 6) is 1.33. The Bertz CT molecular complexity index is 416. The minimum Gasteiger partial charge on any atom is -0.370 e. The van der Waals surface area contributed by atoms with E-state index in [1.807, 2.05) is 0 Å². The van der Waals surface area contributed by atoms with Gasteiger partial charge in [-0.15, -0.1) is 0 Å². The second-order valence-corrected chi connectivity index (χ2v) is 4.35. The van der Waals surface area contributed by atoms with Crippen molar-refractivity contribution in [2.45, 2.75) is 13.3 Å². The third-order valence-corrected chi connectivity index (χ3v) is 3.01. The summed E-state index contributed by atoms with van der Waals surface area (Å²) in [6.07, 6.45) is 2.48. The van der Waals surface area contributed by atoms with Crippen LogP contribution in [0.15, 0.2) is 12.3 Å². The summed E-state index contributed by atoms with van der Waals surface area (Å²) in [6.45, 7) is 4.68. The van der Waals surface area contributed by atoms with Crippen molar-refractivity contribution in [3.05, 3.63) is 27.9 Å². The van der Waals surface area contributed by atoms with Crippen molar-refractivity contribution < 1.29 is 4.92 Å². The molecule has 1 unspecified atom stereocenters. The van der Waals surface area contributed by atoms with Crippen LogP contribution >= 0.6 is 0 Å². The Morgan fingerprint density at radius 1 is 1.71 bits per heavy atom. The zero-order valence-corrected chi connectivity index (χ0v) is 9.77. The van der Waals surface area contributed by atoms with Crippen molar-refractivity contribution in [1.29, 1.82) is 0 Å². The molecule has 6 nitrogen and oxygen atoms in total. The first-order valence-electron chi connectivity index (χ1n) is 5.72. The van der Waals surface area contributed by atoms with Gasteiger partial charge in [0.25, 0.3) is 5.69 Å². The molecule has 0 radical (unpaired) electrons. The zero-order valence-electron chi connectivity index (χ0n) is 9.77. The van der Waals surface area contributed by atoms with Crippen LogP contribution in [0.5, 0.6) is 0 Å². The number of aromatic nitrogens is 1. The van der Waals surface area contributed by atoms with Crippen molar-refractivity contribution in [3.63, 3.8) is 0 Å². The van der Waals surface area contributed by atoms with Crippen molar-refractivity contribution in [1.82, 2.24) is 10.3 Å². The minimum absolute atomic E-state index is 0.0677. The Morgan fingerprint density at radius 2 is 2.53 bits per heavy atom. The number of hydrogen-bond donors (Lipinski definition) is 2. The van der Waals surface area contributed by atoms with Crippen molar-refractivity contribution in [3.8, 4) is 0 Å². The number of hydrogen-bond acceptors (Lipinski definition) is 5. The van der Waals surface area contributed by atoms with E-state index >= 15 is 0 Å². The Morgan fingerprint density at radius 3 is 3.12 bits per heavy atom. The Balaban J connectivity index is 1.97. The van der Waals surface area contributed by atoms with Crippen LogP contribution in [0.25, 0.3) is 0 Å². The molecular weight excluding hydrogens is 220 g/mol. The molecule has 0 saturated carbocycles. The first-order valence-corrected chi connectivity index (χ1v) is 5.72. The first-order chi connectivity index (χ1) is 8.16. The largest absolute Gasteiger partial charge is 0.370 e. The molecule has 2 rings (SSSR count). The molecule has 2 N–H and O–H groups in total. The van der Waals surface area contributed by atoms with Gasteiger partial charge in [0.15, 0.2) is 0 Å². The molecule has 17 heavy (non-hydrogen) atoms. The van der Waals surface area contributed by atoms with Crippen molar-refractivity contribution >= 4 is 11.5 Å². The summed E-state index contributed by atoms with van der Waals surface area (Å²) in [7, 11) is 0. The molecule has 0 aliphatic carbocycles. The van der Waals surface area contributed by atoms with Crippen molar-refractivity contribution in [2.24, 2.45) is 5.92 Å². The molecule has 1 aromatic rings. The van der Waals surface area contributed by atoms with Crippen LogP contribution < -0.4 is 10.6 Å². The molecule has 0 amide bonds. The SMILES string of the molecule is Cc1cc(NCC2CCNC2)ncc1[N+](=O)[O-]. The van der Waals surface area contributed by atoms with E-state index in [1.165, 1.54) is 12.6 Å². The fourth-order valence-electron chi connectivity index (χ4n) is 1.97. The number of aryl methyl sites for hydroxylation is 1. The Labute approximate surface area is 99.6 Å². The van der Waals surface area contributed by atoms with E-state index in [-0.39, 0.29) is 5.69 Å². The number of nitro groups is 1. The van der Waals surface area contributed by atoms with Gasteiger partial charge in [-0.1, -0.05) is 0 Å². The van der Waals surface area contributed by atoms with Crippen LogP contribution in [0.1, 0.15) is 12.0 Å². The number of anilines is 1. The molecule has 1 aliphatic heterocycles. The monoisotopic (exact) mass is 236 g/mol. The van der Waals surface area contributed by atoms with Gasteiger partial charge in [0, 0.05) is 12.1 Å². The highest BCUT2D eigenvalue weighted by molar-refractivity contribution is 5.46. The van der Waals surface area contributed by atoms with E-state index in [1.54, 1.807) is 13.0 Å². The summed E-state index contributed by atoms with van der Waals surface area (Å²) in [5.41, 5.74) is 0.704. The maximum absolute atomic E-state index is 10.6. The Kier molecular flexibility index (Phi) is 3.53. The van der Waals surface area contributed by atoms with Crippen LogP contribution in [-0.4, -0.2) is 29.5 Å². The second kappa shape index (κ2) is 5.09. The first kappa shape index (κ1) is 11.8. The highest BCUT2D eigenvalue weighted by Gasteiger charge is 2.15. The molecular formula is C11H16N4O2. The van der Waals surface area contributed by atoms with E-state index in [0.29, 0.717) is 17.3 Å². The van der Waals surface area contributed by atoms with Gasteiger partial charge >= 0.3 is 0 Å². The topological polar surface area (TPSA) is 80.1 Å². The molecule has 92 valence electrons. The van der Waals surface area contributed by atoms with E-state index in [4.69, 9.17) is 0 Å². The molecule has 1 aromatic heterocycles. The molecule has 0 aromatic carbocycles. The van der Waals surface area contributed by atoms with E-state index in [0.717, 1.165) is 19.6 Å². The average molecular weight is 236 g/mol. The fraction of sp³-hybridized carbons (Fsp3) is 0.545. The van der Waals surface area contributed by atoms with Gasteiger partial charge in [-0.25, -0.2) is 4.98 Å². The summed E-state index contributed by atoms with van der Waals surface area (Å²) < 4.78 is 0. The summed E-state index contributed by atoms with van der Waals surface area (Å²) in [6, 6.07) is 1.72. The van der Waals surface area contributed by atoms with Crippen LogP contribution in [0.4, 0.5) is 11.5 Å². The van der Waals surface area contributed by atoms with Gasteiger partial charge in [0.05, 0.1) is 4.92 Å². The highest BCUT2D eigenvalue weighted by Crippen LogP contribution is 2.19. The van der Waals surface area contributed by atoms with E-state index in [9.17, 15) is 10.1 Å². The molecule has 1 atom stereocenters. The summed E-state index contributed by atoms with van der Waals surface area (Å²) in [4.78, 5) is 14.3. The van der Waals surface area contributed by atoms with Gasteiger partial charge in [-0.3, -0.25) is 10.1 Å². The van der Waals surface area contributed by atoms with Gasteiger partial charge in [-0.05, 0) is 38.4 Å². The maximum atomic E-state index is 10.6. The number of nitrogens with zero attached hydrogens (tertiary/aromatic N) is 2. The normalized spacial score (nSPS) is 19.2.